The first-order chi connectivity index (χ1) is 22.5. The zero-order valence-electron chi connectivity index (χ0n) is 27.2. The van der Waals surface area contributed by atoms with Crippen LogP contribution in [0.15, 0.2) is 66.7 Å². The number of Topliss-reactive ketones (excluding diaryl/α,β-unsaturated/α-hetero) is 1. The number of amides is 2. The van der Waals surface area contributed by atoms with Crippen molar-refractivity contribution in [3.8, 4) is 10.4 Å². The molecule has 2 aliphatic heterocycles. The molecule has 47 heavy (non-hydrogen) atoms. The fraction of sp³-hybridized carbons (Fsp3) is 0.351. The van der Waals surface area contributed by atoms with Gasteiger partial charge in [-0.25, -0.2) is 14.2 Å². The molecule has 4 heterocycles. The first-order valence-electron chi connectivity index (χ1n) is 16.0. The van der Waals surface area contributed by atoms with Crippen molar-refractivity contribution in [1.82, 2.24) is 9.88 Å². The second-order valence-corrected chi connectivity index (χ2v) is 14.1. The molecule has 1 fully saturated rings. The van der Waals surface area contributed by atoms with Gasteiger partial charge < -0.3 is 19.4 Å². The Balaban J connectivity index is 1.21. The summed E-state index contributed by atoms with van der Waals surface area (Å²) < 4.78 is 20.1. The van der Waals surface area contributed by atoms with Crippen LogP contribution < -0.4 is 9.80 Å². The highest BCUT2D eigenvalue weighted by Gasteiger charge is 2.29. The van der Waals surface area contributed by atoms with Gasteiger partial charge in [0.05, 0.1) is 10.6 Å². The van der Waals surface area contributed by atoms with Crippen LogP contribution in [-0.2, 0) is 17.6 Å². The normalized spacial score (nSPS) is 15.0. The van der Waals surface area contributed by atoms with E-state index in [0.29, 0.717) is 61.1 Å². The molecule has 0 aliphatic carbocycles. The SMILES string of the molecule is Cc1cccc(F)c1CC(=O)c1cc2c(s1)-c1ccccc1N(C(=O)c1cccc(N3CCCN(C(=O)OC(C)(C)C)CC3)n1)CC2. The molecule has 4 aromatic rings. The number of fused-ring (bicyclic) bond motifs is 3. The molecule has 1 saturated heterocycles. The molecule has 0 unspecified atom stereocenters. The zero-order valence-corrected chi connectivity index (χ0v) is 28.0. The molecule has 0 radical (unpaired) electrons. The van der Waals surface area contributed by atoms with E-state index in [9.17, 15) is 18.8 Å². The van der Waals surface area contributed by atoms with Crippen molar-refractivity contribution in [3.63, 3.8) is 0 Å². The third kappa shape index (κ3) is 7.07. The number of ether oxygens (including phenoxy) is 1. The largest absolute Gasteiger partial charge is 0.444 e. The number of anilines is 2. The number of pyridine rings is 1. The summed E-state index contributed by atoms with van der Waals surface area (Å²) in [6.07, 6.45) is 0.999. The number of hydrogen-bond donors (Lipinski definition) is 0. The van der Waals surface area contributed by atoms with E-state index < -0.39 is 5.60 Å². The van der Waals surface area contributed by atoms with Gasteiger partial charge in [-0.3, -0.25) is 9.59 Å². The summed E-state index contributed by atoms with van der Waals surface area (Å²) >= 11 is 1.40. The minimum Gasteiger partial charge on any atom is -0.444 e. The molecule has 8 nitrogen and oxygen atoms in total. The van der Waals surface area contributed by atoms with Gasteiger partial charge in [0.25, 0.3) is 5.91 Å². The van der Waals surface area contributed by atoms with Crippen LogP contribution in [0.1, 0.15) is 64.0 Å². The number of halogens is 1. The minimum absolute atomic E-state index is 0.00220. The van der Waals surface area contributed by atoms with Crippen LogP contribution in [0.5, 0.6) is 0 Å². The molecule has 0 saturated carbocycles. The van der Waals surface area contributed by atoms with Gasteiger partial charge >= 0.3 is 6.09 Å². The van der Waals surface area contributed by atoms with Crippen LogP contribution in [0.3, 0.4) is 0 Å². The lowest BCUT2D eigenvalue weighted by Gasteiger charge is -2.27. The Hall–Kier alpha value is -4.57. The lowest BCUT2D eigenvalue weighted by atomic mass is 10.0. The van der Waals surface area contributed by atoms with Gasteiger partial charge in [-0.1, -0.05) is 36.4 Å². The summed E-state index contributed by atoms with van der Waals surface area (Å²) in [5.41, 5.74) is 3.60. The third-order valence-electron chi connectivity index (χ3n) is 8.49. The Kier molecular flexibility index (Phi) is 9.14. The van der Waals surface area contributed by atoms with Crippen molar-refractivity contribution in [2.75, 3.05) is 42.5 Å². The summed E-state index contributed by atoms with van der Waals surface area (Å²) in [4.78, 5) is 52.0. The highest BCUT2D eigenvalue weighted by atomic mass is 32.1. The third-order valence-corrected chi connectivity index (χ3v) is 9.74. The van der Waals surface area contributed by atoms with E-state index in [0.717, 1.165) is 33.7 Å². The summed E-state index contributed by atoms with van der Waals surface area (Å²) in [7, 11) is 0. The maximum absolute atomic E-state index is 14.5. The maximum Gasteiger partial charge on any atom is 0.410 e. The number of nitrogens with zero attached hydrogens (tertiary/aromatic N) is 4. The van der Waals surface area contributed by atoms with E-state index in [1.54, 1.807) is 21.9 Å². The molecule has 0 N–H and O–H groups in total. The summed E-state index contributed by atoms with van der Waals surface area (Å²) in [5, 5.41) is 0. The number of carbonyl (C=O) groups excluding carboxylic acids is 3. The Bertz CT molecular complexity index is 1810. The molecule has 244 valence electrons. The Morgan fingerprint density at radius 3 is 2.51 bits per heavy atom. The predicted octanol–water partition coefficient (Wildman–Crippen LogP) is 7.33. The number of aromatic nitrogens is 1. The quantitative estimate of drug-likeness (QED) is 0.210. The fourth-order valence-electron chi connectivity index (χ4n) is 6.09. The van der Waals surface area contributed by atoms with E-state index >= 15 is 0 Å². The van der Waals surface area contributed by atoms with Crippen molar-refractivity contribution >= 4 is 40.6 Å². The lowest BCUT2D eigenvalue weighted by molar-refractivity contribution is 0.0263. The second kappa shape index (κ2) is 13.3. The summed E-state index contributed by atoms with van der Waals surface area (Å²) in [5.74, 6) is 0.000949. The molecule has 2 amide bonds. The van der Waals surface area contributed by atoms with Gasteiger partial charge in [0.2, 0.25) is 0 Å². The van der Waals surface area contributed by atoms with Crippen LogP contribution in [-0.4, -0.2) is 66.0 Å². The predicted molar refractivity (Wildman–Crippen MR) is 183 cm³/mol. The second-order valence-electron chi connectivity index (χ2n) is 13.0. The monoisotopic (exact) mass is 654 g/mol. The van der Waals surface area contributed by atoms with Crippen molar-refractivity contribution in [3.05, 3.63) is 99.8 Å². The first kappa shape index (κ1) is 32.4. The highest BCUT2D eigenvalue weighted by Crippen LogP contribution is 2.42. The average Bonchev–Trinajstić information content (AvgIpc) is 3.21. The van der Waals surface area contributed by atoms with Gasteiger partial charge in [0.1, 0.15) is 22.9 Å². The van der Waals surface area contributed by atoms with E-state index in [1.807, 2.05) is 76.2 Å². The van der Waals surface area contributed by atoms with Crippen molar-refractivity contribution in [2.24, 2.45) is 0 Å². The molecule has 0 bridgehead atoms. The van der Waals surface area contributed by atoms with Gasteiger partial charge in [-0.05, 0) is 87.6 Å². The zero-order chi connectivity index (χ0) is 33.3. The smallest absolute Gasteiger partial charge is 0.410 e. The van der Waals surface area contributed by atoms with Crippen LogP contribution >= 0.6 is 11.3 Å². The van der Waals surface area contributed by atoms with E-state index in [-0.39, 0.29) is 30.0 Å². The van der Waals surface area contributed by atoms with Gasteiger partial charge in [0, 0.05) is 49.6 Å². The molecule has 0 spiro atoms. The number of hydrogen-bond acceptors (Lipinski definition) is 7. The van der Waals surface area contributed by atoms with E-state index in [2.05, 4.69) is 4.90 Å². The highest BCUT2D eigenvalue weighted by molar-refractivity contribution is 7.17. The number of ketones is 1. The summed E-state index contributed by atoms with van der Waals surface area (Å²) in [6.45, 7) is 10.2. The summed E-state index contributed by atoms with van der Waals surface area (Å²) in [6, 6.07) is 20.0. The Morgan fingerprint density at radius 2 is 1.72 bits per heavy atom. The molecule has 2 aliphatic rings. The number of aryl methyl sites for hydroxylation is 1. The van der Waals surface area contributed by atoms with Crippen LogP contribution in [0.25, 0.3) is 10.4 Å². The van der Waals surface area contributed by atoms with E-state index in [4.69, 9.17) is 9.72 Å². The van der Waals surface area contributed by atoms with Gasteiger partial charge in [0.15, 0.2) is 5.78 Å². The number of carbonyl (C=O) groups is 3. The standard InChI is InChI=1S/C37H39FN4O4S/c1-24-10-7-12-28(38)27(24)23-31(43)32-22-25-16-19-42(30-14-6-5-11-26(30)34(25)47-32)35(44)29-13-8-15-33(39-29)40-17-9-18-41(21-20-40)36(45)46-37(2,3)4/h5-8,10-15,22H,9,16-21,23H2,1-4H3. The number of rotatable bonds is 5. The van der Waals surface area contributed by atoms with Crippen molar-refractivity contribution in [1.29, 1.82) is 0 Å². The minimum atomic E-state index is -0.558. The molecule has 10 heteroatoms. The topological polar surface area (TPSA) is 83.1 Å². The van der Waals surface area contributed by atoms with Crippen LogP contribution in [0, 0.1) is 12.7 Å². The van der Waals surface area contributed by atoms with Crippen LogP contribution in [0.2, 0.25) is 0 Å². The number of para-hydroxylation sites is 1. The molecular formula is C37H39FN4O4S. The molecule has 6 rings (SSSR count). The van der Waals surface area contributed by atoms with Gasteiger partial charge in [-0.15, -0.1) is 11.3 Å². The molecule has 2 aromatic carbocycles. The molecule has 2 aromatic heterocycles. The molecule has 0 atom stereocenters. The Morgan fingerprint density at radius 1 is 0.936 bits per heavy atom. The molecular weight excluding hydrogens is 615 g/mol. The lowest BCUT2D eigenvalue weighted by Crippen LogP contribution is -2.39. The van der Waals surface area contributed by atoms with E-state index in [1.165, 1.54) is 17.4 Å². The number of thiophene rings is 1. The first-order valence-corrected chi connectivity index (χ1v) is 16.8. The average molecular weight is 655 g/mol. The fourth-order valence-corrected chi connectivity index (χ4v) is 7.28. The maximum atomic E-state index is 14.5. The van der Waals surface area contributed by atoms with Crippen molar-refractivity contribution in [2.45, 2.75) is 52.6 Å². The van der Waals surface area contributed by atoms with Crippen LogP contribution in [0.4, 0.5) is 20.7 Å². The Labute approximate surface area is 278 Å². The van der Waals surface area contributed by atoms with Gasteiger partial charge in [-0.2, -0.15) is 0 Å². The number of benzene rings is 2. The van der Waals surface area contributed by atoms with Crippen molar-refractivity contribution < 1.29 is 23.5 Å².